The van der Waals surface area contributed by atoms with Gasteiger partial charge >= 0.3 is 21.2 Å². The van der Waals surface area contributed by atoms with E-state index in [1.165, 1.54) is 42.1 Å². The Balaban J connectivity index is 1.65. The first-order valence-corrected chi connectivity index (χ1v) is 8.77. The van der Waals surface area contributed by atoms with Gasteiger partial charge in [-0.05, 0) is 30.4 Å². The molecule has 0 atom stereocenters. The van der Waals surface area contributed by atoms with E-state index in [0.29, 0.717) is 0 Å². The van der Waals surface area contributed by atoms with Gasteiger partial charge in [0.25, 0.3) is 0 Å². The molecule has 17 heavy (non-hydrogen) atoms. The molecule has 0 aromatic heterocycles. The van der Waals surface area contributed by atoms with Crippen molar-refractivity contribution in [1.29, 1.82) is 0 Å². The molecular formula is C16H20I+. The number of rotatable bonds is 3. The predicted octanol–water partition coefficient (Wildman–Crippen LogP) is 1.27. The van der Waals surface area contributed by atoms with E-state index >= 15 is 0 Å². The van der Waals surface area contributed by atoms with Crippen LogP contribution in [-0.2, 0) is 0 Å². The van der Waals surface area contributed by atoms with Crippen LogP contribution >= 0.6 is 0 Å². The zero-order valence-corrected chi connectivity index (χ0v) is 12.4. The van der Waals surface area contributed by atoms with Crippen molar-refractivity contribution < 1.29 is 21.2 Å². The van der Waals surface area contributed by atoms with Crippen molar-refractivity contribution in [2.24, 2.45) is 5.92 Å². The molecule has 1 aliphatic rings. The highest BCUT2D eigenvalue weighted by Gasteiger charge is 2.12. The average molecular weight is 339 g/mol. The van der Waals surface area contributed by atoms with Crippen LogP contribution in [0.15, 0.2) is 30.3 Å². The molecule has 1 fully saturated rings. The Morgan fingerprint density at radius 1 is 1.06 bits per heavy atom. The van der Waals surface area contributed by atoms with Gasteiger partial charge in [0.05, 0.1) is 0 Å². The Bertz CT molecular complexity index is 366. The summed E-state index contributed by atoms with van der Waals surface area (Å²) in [6.07, 6.45) is 9.74. The SMILES string of the molecule is C(#C[I+]c1ccccc1)CCC1CCCCC1. The second-order valence-corrected chi connectivity index (χ2v) is 7.03. The van der Waals surface area contributed by atoms with Crippen molar-refractivity contribution in [3.63, 3.8) is 0 Å². The number of hydrogen-bond donors (Lipinski definition) is 0. The Morgan fingerprint density at radius 2 is 1.82 bits per heavy atom. The Labute approximate surface area is 115 Å². The fourth-order valence-corrected chi connectivity index (χ4v) is 3.91. The molecule has 0 nitrogen and oxygen atoms in total. The van der Waals surface area contributed by atoms with Crippen molar-refractivity contribution in [2.45, 2.75) is 44.9 Å². The van der Waals surface area contributed by atoms with Crippen LogP contribution in [0.4, 0.5) is 0 Å². The quantitative estimate of drug-likeness (QED) is 0.575. The summed E-state index contributed by atoms with van der Waals surface area (Å²) in [7, 11) is 0. The monoisotopic (exact) mass is 339 g/mol. The molecule has 1 saturated carbocycles. The molecule has 0 N–H and O–H groups in total. The summed E-state index contributed by atoms with van der Waals surface area (Å²) in [4.78, 5) is 0. The number of benzene rings is 1. The van der Waals surface area contributed by atoms with E-state index in [0.717, 1.165) is 12.3 Å². The van der Waals surface area contributed by atoms with E-state index in [1.807, 2.05) is 0 Å². The molecular weight excluding hydrogens is 319 g/mol. The van der Waals surface area contributed by atoms with Crippen LogP contribution < -0.4 is 21.2 Å². The van der Waals surface area contributed by atoms with Gasteiger partial charge in [0.15, 0.2) is 3.93 Å². The maximum atomic E-state index is 3.40. The van der Waals surface area contributed by atoms with Gasteiger partial charge in [0.1, 0.15) is 0 Å². The van der Waals surface area contributed by atoms with Gasteiger partial charge in [-0.2, -0.15) is 0 Å². The fraction of sp³-hybridized carbons (Fsp3) is 0.500. The molecule has 1 aliphatic carbocycles. The van der Waals surface area contributed by atoms with Crippen LogP contribution in [0.2, 0.25) is 0 Å². The molecule has 0 amide bonds. The first-order chi connectivity index (χ1) is 8.45. The smallest absolute Gasteiger partial charge is 0.0619 e. The lowest BCUT2D eigenvalue weighted by Gasteiger charge is -2.19. The minimum absolute atomic E-state index is 0.0655. The predicted molar refractivity (Wildman–Crippen MR) is 68.7 cm³/mol. The molecule has 0 spiro atoms. The Morgan fingerprint density at radius 3 is 2.59 bits per heavy atom. The van der Waals surface area contributed by atoms with E-state index < -0.39 is 0 Å². The first-order valence-electron chi connectivity index (χ1n) is 6.62. The van der Waals surface area contributed by atoms with Crippen LogP contribution in [0.25, 0.3) is 0 Å². The third-order valence-electron chi connectivity index (χ3n) is 3.36. The summed E-state index contributed by atoms with van der Waals surface area (Å²) >= 11 is -0.0655. The molecule has 0 saturated heterocycles. The third-order valence-corrected chi connectivity index (χ3v) is 5.35. The highest BCUT2D eigenvalue weighted by Crippen LogP contribution is 2.26. The van der Waals surface area contributed by atoms with Crippen LogP contribution in [0.5, 0.6) is 0 Å². The van der Waals surface area contributed by atoms with Crippen molar-refractivity contribution in [3.05, 3.63) is 33.9 Å². The third kappa shape index (κ3) is 5.12. The molecule has 0 bridgehead atoms. The first kappa shape index (κ1) is 13.0. The standard InChI is InChI=1S/C16H20I/c1-3-9-15(10-4-1)11-7-8-14-17-16-12-5-2-6-13-16/h2,5-6,12-13,15H,1,3-4,7,9-11H2/q+1. The summed E-state index contributed by atoms with van der Waals surface area (Å²) < 4.78 is 4.84. The molecule has 0 unspecified atom stereocenters. The Kier molecular flexibility index (Phi) is 5.92. The Hall–Kier alpha value is -0.490. The molecule has 1 aromatic rings. The summed E-state index contributed by atoms with van der Waals surface area (Å²) in [6, 6.07) is 10.7. The second kappa shape index (κ2) is 7.76. The maximum Gasteiger partial charge on any atom is 0.419 e. The molecule has 90 valence electrons. The van der Waals surface area contributed by atoms with Gasteiger partial charge < -0.3 is 0 Å². The molecule has 1 aromatic carbocycles. The number of hydrogen-bond acceptors (Lipinski definition) is 0. The minimum atomic E-state index is -0.0655. The lowest BCUT2D eigenvalue weighted by molar-refractivity contribution is -0.535. The zero-order valence-electron chi connectivity index (χ0n) is 10.3. The molecule has 0 aliphatic heterocycles. The summed E-state index contributed by atoms with van der Waals surface area (Å²) in [6.45, 7) is 0. The van der Waals surface area contributed by atoms with Crippen LogP contribution in [0.1, 0.15) is 44.9 Å². The van der Waals surface area contributed by atoms with Crippen molar-refractivity contribution in [1.82, 2.24) is 0 Å². The van der Waals surface area contributed by atoms with E-state index in [1.54, 1.807) is 0 Å². The highest BCUT2D eigenvalue weighted by molar-refractivity contribution is 5.00. The molecule has 1 heteroatoms. The molecule has 2 rings (SSSR count). The van der Waals surface area contributed by atoms with Crippen LogP contribution in [0.3, 0.4) is 0 Å². The normalized spacial score (nSPS) is 16.2. The molecule has 0 heterocycles. The second-order valence-electron chi connectivity index (χ2n) is 4.70. The van der Waals surface area contributed by atoms with Crippen molar-refractivity contribution >= 4 is 0 Å². The zero-order chi connectivity index (χ0) is 11.8. The summed E-state index contributed by atoms with van der Waals surface area (Å²) in [5.41, 5.74) is 0. The maximum absolute atomic E-state index is 3.40. The molecule has 0 radical (unpaired) electrons. The van der Waals surface area contributed by atoms with Gasteiger partial charge in [-0.1, -0.05) is 50.3 Å². The van der Waals surface area contributed by atoms with Crippen molar-refractivity contribution in [2.75, 3.05) is 0 Å². The van der Waals surface area contributed by atoms with E-state index in [9.17, 15) is 0 Å². The van der Waals surface area contributed by atoms with E-state index in [4.69, 9.17) is 0 Å². The highest BCUT2D eigenvalue weighted by atomic mass is 127. The van der Waals surface area contributed by atoms with Crippen molar-refractivity contribution in [3.8, 4) is 9.85 Å². The van der Waals surface area contributed by atoms with Gasteiger partial charge in [-0.25, -0.2) is 0 Å². The van der Waals surface area contributed by atoms with Crippen LogP contribution in [0, 0.1) is 19.3 Å². The minimum Gasteiger partial charge on any atom is -0.0619 e. The van der Waals surface area contributed by atoms with Gasteiger partial charge in [0.2, 0.25) is 3.57 Å². The lowest BCUT2D eigenvalue weighted by atomic mass is 9.86. The van der Waals surface area contributed by atoms with Gasteiger partial charge in [0, 0.05) is 6.42 Å². The fourth-order valence-electron chi connectivity index (χ4n) is 2.36. The topological polar surface area (TPSA) is 0 Å². The largest absolute Gasteiger partial charge is 0.419 e. The van der Waals surface area contributed by atoms with E-state index in [2.05, 4.69) is 40.2 Å². The lowest BCUT2D eigenvalue weighted by Crippen LogP contribution is -3.59. The summed E-state index contributed by atoms with van der Waals surface area (Å²) in [5.74, 6) is 4.36. The number of halogens is 1. The van der Waals surface area contributed by atoms with Gasteiger partial charge in [-0.15, -0.1) is 0 Å². The van der Waals surface area contributed by atoms with E-state index in [-0.39, 0.29) is 21.2 Å². The average Bonchev–Trinajstić information content (AvgIpc) is 2.41. The van der Waals surface area contributed by atoms with Gasteiger partial charge in [-0.3, -0.25) is 0 Å². The summed E-state index contributed by atoms with van der Waals surface area (Å²) in [5, 5.41) is 0. The van der Waals surface area contributed by atoms with Crippen LogP contribution in [-0.4, -0.2) is 0 Å².